The molecule has 3 rings (SSSR count). The Hall–Kier alpha value is -4.42. The third kappa shape index (κ3) is 6.56. The van der Waals surface area contributed by atoms with Crippen molar-refractivity contribution >= 4 is 5.91 Å². The van der Waals surface area contributed by atoms with Gasteiger partial charge in [0.05, 0.1) is 6.54 Å². The Labute approximate surface area is 179 Å². The van der Waals surface area contributed by atoms with Gasteiger partial charge in [-0.1, -0.05) is 30.0 Å². The van der Waals surface area contributed by atoms with Crippen molar-refractivity contribution in [2.75, 3.05) is 0 Å². The molecule has 0 aliphatic rings. The van der Waals surface area contributed by atoms with Crippen LogP contribution in [-0.4, -0.2) is 11.0 Å². The molecule has 6 heteroatoms. The van der Waals surface area contributed by atoms with Crippen LogP contribution in [0.2, 0.25) is 0 Å². The monoisotopic (exact) mass is 413 g/mol. The van der Waals surface area contributed by atoms with Gasteiger partial charge in [0.15, 0.2) is 5.76 Å². The van der Waals surface area contributed by atoms with Crippen LogP contribution >= 0.6 is 0 Å². The summed E-state index contributed by atoms with van der Waals surface area (Å²) >= 11 is 0. The Kier molecular flexibility index (Phi) is 7.13. The zero-order valence-electron chi connectivity index (χ0n) is 16.8. The Morgan fingerprint density at radius 1 is 1.03 bits per heavy atom. The lowest BCUT2D eigenvalue weighted by Gasteiger charge is -2.09. The minimum absolute atomic E-state index is 0.0177. The number of carbonyl (C=O) groups excluding carboxylic acids is 1. The number of amides is 1. The molecule has 3 aromatic rings. The van der Waals surface area contributed by atoms with E-state index in [1.54, 1.807) is 24.3 Å². The van der Waals surface area contributed by atoms with Crippen molar-refractivity contribution in [3.8, 4) is 35.2 Å². The molecule has 0 saturated carbocycles. The second kappa shape index (κ2) is 10.4. The van der Waals surface area contributed by atoms with Crippen LogP contribution in [0.5, 0.6) is 11.5 Å². The van der Waals surface area contributed by atoms with Gasteiger partial charge >= 0.3 is 0 Å². The van der Waals surface area contributed by atoms with E-state index in [1.165, 1.54) is 6.92 Å². The minimum Gasteiger partial charge on any atom is -0.502 e. The van der Waals surface area contributed by atoms with Crippen molar-refractivity contribution in [1.82, 2.24) is 5.32 Å². The summed E-state index contributed by atoms with van der Waals surface area (Å²) in [5.74, 6) is 11.5. The van der Waals surface area contributed by atoms with Gasteiger partial charge in [-0.3, -0.25) is 9.59 Å². The first-order chi connectivity index (χ1) is 15.0. The normalized spacial score (nSPS) is 9.58. The number of carbonyl (C=O) groups is 1. The van der Waals surface area contributed by atoms with E-state index in [0.717, 1.165) is 17.2 Å². The highest BCUT2D eigenvalue weighted by Gasteiger charge is 2.12. The smallest absolute Gasteiger partial charge is 0.227 e. The standard InChI is InChI=1S/C25H19NO5/c1-18(27)26-16-24-25(29)23(28)15-22(31-24)17-30-21-13-11-20(12-14-21)10-6-5-9-19-7-3-2-4-8-19/h2-4,7-8,11-15,29H,16-17H2,1H3,(H,26,27). The van der Waals surface area contributed by atoms with Gasteiger partial charge in [0.2, 0.25) is 17.1 Å². The number of nitrogens with one attached hydrogen (secondary N) is 1. The first kappa shape index (κ1) is 21.3. The van der Waals surface area contributed by atoms with E-state index in [9.17, 15) is 14.7 Å². The second-order valence-electron chi connectivity index (χ2n) is 6.44. The number of benzene rings is 2. The summed E-state index contributed by atoms with van der Waals surface area (Å²) in [6, 6.07) is 17.8. The van der Waals surface area contributed by atoms with Gasteiger partial charge in [-0.25, -0.2) is 0 Å². The highest BCUT2D eigenvalue weighted by molar-refractivity contribution is 5.72. The van der Waals surface area contributed by atoms with Crippen molar-refractivity contribution in [3.63, 3.8) is 0 Å². The molecule has 0 saturated heterocycles. The Morgan fingerprint density at radius 2 is 1.68 bits per heavy atom. The zero-order valence-corrected chi connectivity index (χ0v) is 16.8. The molecule has 1 amide bonds. The van der Waals surface area contributed by atoms with Crippen molar-refractivity contribution in [3.05, 3.63) is 93.5 Å². The molecular weight excluding hydrogens is 394 g/mol. The average Bonchev–Trinajstić information content (AvgIpc) is 2.78. The van der Waals surface area contributed by atoms with E-state index < -0.39 is 11.2 Å². The summed E-state index contributed by atoms with van der Waals surface area (Å²) in [4.78, 5) is 22.9. The molecule has 0 fully saturated rings. The molecule has 0 aliphatic heterocycles. The molecule has 1 heterocycles. The quantitative estimate of drug-likeness (QED) is 0.628. The van der Waals surface area contributed by atoms with E-state index in [2.05, 4.69) is 29.0 Å². The van der Waals surface area contributed by atoms with Gasteiger partial charge in [-0.15, -0.1) is 0 Å². The van der Waals surface area contributed by atoms with Gasteiger partial charge < -0.3 is 19.6 Å². The van der Waals surface area contributed by atoms with E-state index >= 15 is 0 Å². The van der Waals surface area contributed by atoms with Gasteiger partial charge in [0, 0.05) is 24.1 Å². The molecule has 0 unspecified atom stereocenters. The lowest BCUT2D eigenvalue weighted by Crippen LogP contribution is -2.20. The largest absolute Gasteiger partial charge is 0.502 e. The molecule has 2 N–H and O–H groups in total. The topological polar surface area (TPSA) is 88.8 Å². The predicted molar refractivity (Wildman–Crippen MR) is 115 cm³/mol. The molecular formula is C25H19NO5. The first-order valence-electron chi connectivity index (χ1n) is 9.40. The fourth-order valence-electron chi connectivity index (χ4n) is 2.50. The van der Waals surface area contributed by atoms with Crippen LogP contribution in [0.3, 0.4) is 0 Å². The fourth-order valence-corrected chi connectivity index (χ4v) is 2.50. The number of ether oxygens (including phenoxy) is 1. The lowest BCUT2D eigenvalue weighted by atomic mass is 10.2. The van der Waals surface area contributed by atoms with Crippen LogP contribution in [0.15, 0.2) is 69.9 Å². The highest BCUT2D eigenvalue weighted by atomic mass is 16.5. The third-order valence-corrected chi connectivity index (χ3v) is 4.03. The summed E-state index contributed by atoms with van der Waals surface area (Å²) in [6.45, 7) is 1.22. The zero-order chi connectivity index (χ0) is 22.1. The van der Waals surface area contributed by atoms with Crippen LogP contribution < -0.4 is 15.5 Å². The summed E-state index contributed by atoms with van der Waals surface area (Å²) in [6.07, 6.45) is 0. The fraction of sp³-hybridized carbons (Fsp3) is 0.120. The molecule has 31 heavy (non-hydrogen) atoms. The number of hydrogen-bond donors (Lipinski definition) is 2. The van der Waals surface area contributed by atoms with Crippen molar-refractivity contribution in [1.29, 1.82) is 0 Å². The Bertz CT molecular complexity index is 1240. The lowest BCUT2D eigenvalue weighted by molar-refractivity contribution is -0.119. The number of aromatic hydroxyl groups is 1. The number of rotatable bonds is 5. The first-order valence-corrected chi connectivity index (χ1v) is 9.40. The molecule has 0 aliphatic carbocycles. The van der Waals surface area contributed by atoms with Gasteiger partial charge in [0.25, 0.3) is 0 Å². The Morgan fingerprint density at radius 3 is 2.32 bits per heavy atom. The maximum atomic E-state index is 11.9. The van der Waals surface area contributed by atoms with Crippen LogP contribution in [0, 0.1) is 23.7 Å². The molecule has 6 nitrogen and oxygen atoms in total. The van der Waals surface area contributed by atoms with Gasteiger partial charge in [0.1, 0.15) is 18.1 Å². The van der Waals surface area contributed by atoms with Crippen molar-refractivity contribution < 1.29 is 19.1 Å². The van der Waals surface area contributed by atoms with E-state index in [1.807, 2.05) is 30.3 Å². The molecule has 0 spiro atoms. The maximum Gasteiger partial charge on any atom is 0.227 e. The van der Waals surface area contributed by atoms with Crippen molar-refractivity contribution in [2.24, 2.45) is 0 Å². The van der Waals surface area contributed by atoms with Crippen molar-refractivity contribution in [2.45, 2.75) is 20.1 Å². The summed E-state index contributed by atoms with van der Waals surface area (Å²) in [7, 11) is 0. The summed E-state index contributed by atoms with van der Waals surface area (Å²) < 4.78 is 11.1. The molecule has 0 radical (unpaired) electrons. The third-order valence-electron chi connectivity index (χ3n) is 4.03. The van der Waals surface area contributed by atoms with E-state index in [-0.39, 0.29) is 30.6 Å². The van der Waals surface area contributed by atoms with Gasteiger partial charge in [-0.2, -0.15) is 0 Å². The minimum atomic E-state index is -0.604. The summed E-state index contributed by atoms with van der Waals surface area (Å²) in [5, 5.41) is 12.3. The second-order valence-corrected chi connectivity index (χ2v) is 6.44. The van der Waals surface area contributed by atoms with Gasteiger partial charge in [-0.05, 0) is 48.2 Å². The molecule has 0 atom stereocenters. The summed E-state index contributed by atoms with van der Waals surface area (Å²) in [5.41, 5.74) is 1.08. The van der Waals surface area contributed by atoms with Crippen LogP contribution in [-0.2, 0) is 17.9 Å². The van der Waals surface area contributed by atoms with E-state index in [0.29, 0.717) is 5.75 Å². The van der Waals surface area contributed by atoms with Crippen LogP contribution in [0.25, 0.3) is 0 Å². The number of hydrogen-bond acceptors (Lipinski definition) is 5. The Balaban J connectivity index is 1.61. The molecule has 0 bridgehead atoms. The molecule has 154 valence electrons. The highest BCUT2D eigenvalue weighted by Crippen LogP contribution is 2.17. The van der Waals surface area contributed by atoms with E-state index in [4.69, 9.17) is 9.15 Å². The molecule has 1 aromatic heterocycles. The van der Waals surface area contributed by atoms with Crippen LogP contribution in [0.4, 0.5) is 0 Å². The molecule has 2 aromatic carbocycles. The maximum absolute atomic E-state index is 11.9. The predicted octanol–water partition coefficient (Wildman–Crippen LogP) is 2.96. The van der Waals surface area contributed by atoms with Crippen LogP contribution in [0.1, 0.15) is 29.6 Å². The average molecular weight is 413 g/mol. The SMILES string of the molecule is CC(=O)NCc1oc(COc2ccc(C#CC#Cc3ccccc3)cc2)cc(=O)c1O.